The summed E-state index contributed by atoms with van der Waals surface area (Å²) in [7, 11) is 0. The van der Waals surface area contributed by atoms with Crippen LogP contribution in [0.3, 0.4) is 0 Å². The molecule has 0 amide bonds. The van der Waals surface area contributed by atoms with Crippen LogP contribution in [0.2, 0.25) is 0 Å². The molecule has 0 spiro atoms. The number of aryl methyl sites for hydroxylation is 2. The first-order valence-electron chi connectivity index (χ1n) is 13.0. The molecular weight excluding hydrogens is 466 g/mol. The number of rotatable bonds is 9. The molecular formula is C31H35NO5. The number of carbonyl (C=O) groups is 2. The lowest BCUT2D eigenvalue weighted by Gasteiger charge is -2.27. The van der Waals surface area contributed by atoms with Crippen molar-refractivity contribution in [2.24, 2.45) is 0 Å². The van der Waals surface area contributed by atoms with E-state index in [1.807, 2.05) is 45.0 Å². The highest BCUT2D eigenvalue weighted by Gasteiger charge is 2.26. The van der Waals surface area contributed by atoms with Gasteiger partial charge in [-0.1, -0.05) is 61.2 Å². The molecule has 4 rings (SSSR count). The molecule has 0 aromatic heterocycles. The standard InChI is InChI=1S/C31H35NO5/c1-4-26(32-25-7-5-6-8-25)29(33)24-17-18-27(36-30(34)22-13-9-20(2)10-14-22)28(19-24)37-31(35)23-15-11-21(3)12-16-23/h9-19,25-26,29,32-33H,4-8H2,1-3H3. The van der Waals surface area contributed by atoms with Crippen LogP contribution in [0.25, 0.3) is 0 Å². The predicted molar refractivity (Wildman–Crippen MR) is 143 cm³/mol. The summed E-state index contributed by atoms with van der Waals surface area (Å²) in [5, 5.41) is 14.8. The lowest BCUT2D eigenvalue weighted by Crippen LogP contribution is -2.40. The fourth-order valence-corrected chi connectivity index (χ4v) is 4.63. The number of nitrogens with one attached hydrogen (secondary N) is 1. The van der Waals surface area contributed by atoms with Crippen LogP contribution in [-0.2, 0) is 0 Å². The van der Waals surface area contributed by atoms with Gasteiger partial charge in [-0.3, -0.25) is 0 Å². The highest BCUT2D eigenvalue weighted by molar-refractivity contribution is 5.93. The van der Waals surface area contributed by atoms with Gasteiger partial charge in [-0.2, -0.15) is 0 Å². The summed E-state index contributed by atoms with van der Waals surface area (Å²) < 4.78 is 11.4. The largest absolute Gasteiger partial charge is 0.419 e. The van der Waals surface area contributed by atoms with Gasteiger partial charge in [-0.05, 0) is 75.1 Å². The minimum atomic E-state index is -0.815. The topological polar surface area (TPSA) is 84.9 Å². The average molecular weight is 502 g/mol. The van der Waals surface area contributed by atoms with Crippen LogP contribution in [0.5, 0.6) is 11.5 Å². The molecule has 194 valence electrons. The molecule has 0 bridgehead atoms. The zero-order valence-corrected chi connectivity index (χ0v) is 21.7. The number of benzene rings is 3. The summed E-state index contributed by atoms with van der Waals surface area (Å²) in [6, 6.07) is 19.2. The van der Waals surface area contributed by atoms with E-state index in [2.05, 4.69) is 5.32 Å². The number of ether oxygens (including phenoxy) is 2. The Balaban J connectivity index is 1.60. The summed E-state index contributed by atoms with van der Waals surface area (Å²) in [6.45, 7) is 5.91. The molecule has 2 unspecified atom stereocenters. The minimum Gasteiger partial charge on any atom is -0.419 e. The second-order valence-corrected chi connectivity index (χ2v) is 9.82. The normalized spacial score (nSPS) is 15.2. The molecule has 0 saturated heterocycles. The van der Waals surface area contributed by atoms with Crippen molar-refractivity contribution in [3.63, 3.8) is 0 Å². The Labute approximate surface area is 218 Å². The summed E-state index contributed by atoms with van der Waals surface area (Å²) in [4.78, 5) is 25.8. The van der Waals surface area contributed by atoms with Crippen LogP contribution in [-0.4, -0.2) is 29.1 Å². The van der Waals surface area contributed by atoms with Gasteiger partial charge < -0.3 is 19.9 Å². The molecule has 3 aromatic rings. The monoisotopic (exact) mass is 501 g/mol. The fourth-order valence-electron chi connectivity index (χ4n) is 4.63. The van der Waals surface area contributed by atoms with Gasteiger partial charge in [0.05, 0.1) is 17.2 Å². The minimum absolute atomic E-state index is 0.0818. The third kappa shape index (κ3) is 6.85. The maximum absolute atomic E-state index is 12.9. The molecule has 1 aliphatic rings. The van der Waals surface area contributed by atoms with E-state index in [0.717, 1.165) is 30.4 Å². The number of carbonyl (C=O) groups excluding carboxylic acids is 2. The van der Waals surface area contributed by atoms with Gasteiger partial charge in [0.25, 0.3) is 0 Å². The van der Waals surface area contributed by atoms with Crippen molar-refractivity contribution in [1.29, 1.82) is 0 Å². The molecule has 2 atom stereocenters. The summed E-state index contributed by atoms with van der Waals surface area (Å²) in [6.07, 6.45) is 4.53. The van der Waals surface area contributed by atoms with E-state index < -0.39 is 18.0 Å². The molecule has 2 N–H and O–H groups in total. The Morgan fingerprint density at radius 3 is 1.86 bits per heavy atom. The van der Waals surface area contributed by atoms with Crippen LogP contribution in [0.1, 0.15) is 82.5 Å². The van der Waals surface area contributed by atoms with Crippen molar-refractivity contribution in [1.82, 2.24) is 5.32 Å². The van der Waals surface area contributed by atoms with Crippen molar-refractivity contribution < 1.29 is 24.2 Å². The summed E-state index contributed by atoms with van der Waals surface area (Å²) in [5.74, 6) is -0.942. The molecule has 1 aliphatic carbocycles. The molecule has 6 nitrogen and oxygen atoms in total. The molecule has 0 radical (unpaired) electrons. The third-order valence-corrected chi connectivity index (χ3v) is 6.92. The Morgan fingerprint density at radius 2 is 1.35 bits per heavy atom. The van der Waals surface area contributed by atoms with Gasteiger partial charge >= 0.3 is 11.9 Å². The Morgan fingerprint density at radius 1 is 0.838 bits per heavy atom. The van der Waals surface area contributed by atoms with Crippen LogP contribution < -0.4 is 14.8 Å². The molecule has 3 aromatic carbocycles. The SMILES string of the molecule is CCC(NC1CCCC1)C(O)c1ccc(OC(=O)c2ccc(C)cc2)c(OC(=O)c2ccc(C)cc2)c1. The molecule has 6 heteroatoms. The maximum atomic E-state index is 12.9. The fraction of sp³-hybridized carbons (Fsp3) is 0.355. The molecule has 0 aliphatic heterocycles. The van der Waals surface area contributed by atoms with E-state index in [0.29, 0.717) is 22.7 Å². The van der Waals surface area contributed by atoms with E-state index in [1.165, 1.54) is 12.8 Å². The maximum Gasteiger partial charge on any atom is 0.343 e. The van der Waals surface area contributed by atoms with Gasteiger partial charge in [0.2, 0.25) is 0 Å². The highest BCUT2D eigenvalue weighted by atomic mass is 16.6. The second kappa shape index (κ2) is 12.2. The van der Waals surface area contributed by atoms with Crippen molar-refractivity contribution in [2.75, 3.05) is 0 Å². The zero-order chi connectivity index (χ0) is 26.4. The number of hydrogen-bond acceptors (Lipinski definition) is 6. The average Bonchev–Trinajstić information content (AvgIpc) is 3.42. The van der Waals surface area contributed by atoms with Crippen LogP contribution in [0.4, 0.5) is 0 Å². The quantitative estimate of drug-likeness (QED) is 0.273. The van der Waals surface area contributed by atoms with Crippen LogP contribution >= 0.6 is 0 Å². The molecule has 0 heterocycles. The molecule has 37 heavy (non-hydrogen) atoms. The molecule has 1 fully saturated rings. The number of esters is 2. The number of aliphatic hydroxyl groups is 1. The van der Waals surface area contributed by atoms with Gasteiger partial charge in [0.1, 0.15) is 0 Å². The summed E-state index contributed by atoms with van der Waals surface area (Å²) >= 11 is 0. The van der Waals surface area contributed by atoms with Crippen molar-refractivity contribution >= 4 is 11.9 Å². The summed E-state index contributed by atoms with van der Waals surface area (Å²) in [5.41, 5.74) is 3.40. The smallest absolute Gasteiger partial charge is 0.343 e. The number of hydrogen-bond donors (Lipinski definition) is 2. The third-order valence-electron chi connectivity index (χ3n) is 6.92. The van der Waals surface area contributed by atoms with Crippen molar-refractivity contribution in [3.8, 4) is 11.5 Å². The van der Waals surface area contributed by atoms with Gasteiger partial charge in [-0.25, -0.2) is 9.59 Å². The second-order valence-electron chi connectivity index (χ2n) is 9.82. The Hall–Kier alpha value is -3.48. The first kappa shape index (κ1) is 26.6. The Kier molecular flexibility index (Phi) is 8.74. The number of aliphatic hydroxyl groups excluding tert-OH is 1. The molecule has 1 saturated carbocycles. The van der Waals surface area contributed by atoms with Crippen LogP contribution in [0.15, 0.2) is 66.7 Å². The lowest BCUT2D eigenvalue weighted by molar-refractivity contribution is 0.0680. The van der Waals surface area contributed by atoms with Gasteiger partial charge in [0.15, 0.2) is 11.5 Å². The lowest BCUT2D eigenvalue weighted by atomic mass is 9.98. The van der Waals surface area contributed by atoms with Crippen molar-refractivity contribution in [2.45, 2.75) is 71.1 Å². The van der Waals surface area contributed by atoms with E-state index in [-0.39, 0.29) is 17.5 Å². The van der Waals surface area contributed by atoms with E-state index >= 15 is 0 Å². The Bertz CT molecular complexity index is 1210. The predicted octanol–water partition coefficient (Wildman–Crippen LogP) is 6.09. The van der Waals surface area contributed by atoms with Gasteiger partial charge in [0, 0.05) is 12.1 Å². The van der Waals surface area contributed by atoms with E-state index in [4.69, 9.17) is 9.47 Å². The first-order valence-corrected chi connectivity index (χ1v) is 13.0. The first-order chi connectivity index (χ1) is 17.8. The zero-order valence-electron chi connectivity index (χ0n) is 21.7. The highest BCUT2D eigenvalue weighted by Crippen LogP contribution is 2.34. The van der Waals surface area contributed by atoms with Crippen LogP contribution in [0, 0.1) is 13.8 Å². The van der Waals surface area contributed by atoms with E-state index in [1.54, 1.807) is 42.5 Å². The van der Waals surface area contributed by atoms with E-state index in [9.17, 15) is 14.7 Å². The van der Waals surface area contributed by atoms with Crippen molar-refractivity contribution in [3.05, 3.63) is 94.5 Å². The van der Waals surface area contributed by atoms with Gasteiger partial charge in [-0.15, -0.1) is 0 Å².